The highest BCUT2D eigenvalue weighted by Crippen LogP contribution is 2.29. The molecule has 0 aromatic heterocycles. The summed E-state index contributed by atoms with van der Waals surface area (Å²) < 4.78 is 73.0. The minimum Gasteiger partial charge on any atom is -0.202 e. The molecule has 0 aliphatic heterocycles. The van der Waals surface area contributed by atoms with Gasteiger partial charge in [-0.15, -0.1) is 0 Å². The van der Waals surface area contributed by atoms with Gasteiger partial charge in [-0.25, -0.2) is 8.42 Å². The fourth-order valence-corrected chi connectivity index (χ4v) is 1.66. The van der Waals surface area contributed by atoms with Crippen LogP contribution in [0.1, 0.15) is 0 Å². The zero-order valence-corrected chi connectivity index (χ0v) is 6.85. The number of alkyl halides is 3. The molecule has 4 nitrogen and oxygen atoms in total. The van der Waals surface area contributed by atoms with Crippen molar-refractivity contribution >= 4 is 27.6 Å². The van der Waals surface area contributed by atoms with Gasteiger partial charge in [-0.1, -0.05) is 0 Å². The van der Waals surface area contributed by atoms with Gasteiger partial charge >= 0.3 is 22.5 Å². The van der Waals surface area contributed by atoms with E-state index in [4.69, 9.17) is 0 Å². The molecule has 0 N–H and O–H groups in total. The smallest absolute Gasteiger partial charge is 0.202 e. The molecule has 0 aromatic carbocycles. The Bertz CT molecular complexity index is 334. The average Bonchev–Trinajstić information content (AvgIpc) is 1.58. The van der Waals surface area contributed by atoms with E-state index in [0.717, 1.165) is 0 Å². The van der Waals surface area contributed by atoms with E-state index in [2.05, 4.69) is 10.7 Å². The predicted octanol–water partition coefficient (Wildman–Crippen LogP) is 0.405. The van der Waals surface area contributed by atoms with Crippen molar-refractivity contribution in [2.24, 2.45) is 0 Å². The summed E-state index contributed by atoms with van der Waals surface area (Å²) in [5.41, 5.74) is -5.87. The molecule has 0 spiro atoms. The average molecular weight is 233 g/mol. The second-order valence-electron chi connectivity index (χ2n) is 1.29. The molecule has 0 saturated carbocycles. The molecule has 0 aromatic rings. The zero-order chi connectivity index (χ0) is 9.50. The molecule has 0 amide bonds. The third kappa shape index (κ3) is 1.97. The Morgan fingerprint density at radius 3 is 1.27 bits per heavy atom. The monoisotopic (exact) mass is 232 g/mol. The van der Waals surface area contributed by atoms with Gasteiger partial charge in [0, 0.05) is 10.7 Å². The number of rotatable bonds is 1. The van der Waals surface area contributed by atoms with E-state index in [-0.39, 0.29) is 0 Å². The maximum atomic E-state index is 11.3. The Hall–Kier alpha value is -0.0200. The van der Waals surface area contributed by atoms with Gasteiger partial charge in [0.1, 0.15) is 0 Å². The second-order valence-corrected chi connectivity index (χ2v) is 7.85. The van der Waals surface area contributed by atoms with E-state index >= 15 is 0 Å². The van der Waals surface area contributed by atoms with Crippen molar-refractivity contribution in [2.45, 2.75) is 5.51 Å². The van der Waals surface area contributed by atoms with Gasteiger partial charge in [-0.05, 0) is 0 Å². The molecular formula is CClF3O4S2. The fourth-order valence-electron chi connectivity index (χ4n) is 0.113. The van der Waals surface area contributed by atoms with Crippen LogP contribution in [0.3, 0.4) is 0 Å². The van der Waals surface area contributed by atoms with Crippen LogP contribution in [0.25, 0.3) is 0 Å². The van der Waals surface area contributed by atoms with E-state index in [1.165, 1.54) is 0 Å². The summed E-state index contributed by atoms with van der Waals surface area (Å²) in [5.74, 6) is 0. The van der Waals surface area contributed by atoms with Gasteiger partial charge in [-0.2, -0.15) is 21.6 Å². The summed E-state index contributed by atoms with van der Waals surface area (Å²) in [4.78, 5) is 0. The SMILES string of the molecule is O=S(=O)(Cl)S(=O)(=O)C(F)(F)F. The van der Waals surface area contributed by atoms with Crippen LogP contribution in [0.4, 0.5) is 13.2 Å². The van der Waals surface area contributed by atoms with Crippen molar-refractivity contribution in [3.05, 3.63) is 0 Å². The van der Waals surface area contributed by atoms with Gasteiger partial charge < -0.3 is 0 Å². The summed E-state index contributed by atoms with van der Waals surface area (Å²) >= 11 is 0. The van der Waals surface area contributed by atoms with E-state index in [9.17, 15) is 30.0 Å². The molecule has 0 radical (unpaired) electrons. The summed E-state index contributed by atoms with van der Waals surface area (Å²) in [7, 11) is -7.94. The molecular weight excluding hydrogens is 233 g/mol. The summed E-state index contributed by atoms with van der Waals surface area (Å²) in [5, 5.41) is 0. The standard InChI is InChI=1S/CClF3O4S2/c2-11(8,9)10(6,7)1(3,4)5. The molecule has 0 unspecified atom stereocenters. The second kappa shape index (κ2) is 2.49. The first-order chi connectivity index (χ1) is 4.50. The lowest BCUT2D eigenvalue weighted by Gasteiger charge is -2.02. The predicted molar refractivity (Wildman–Crippen MR) is 29.7 cm³/mol. The number of hydrogen-bond donors (Lipinski definition) is 0. The first kappa shape index (κ1) is 11.0. The Labute approximate surface area is 63.7 Å². The van der Waals surface area contributed by atoms with Crippen LogP contribution in [-0.4, -0.2) is 22.3 Å². The fraction of sp³-hybridized carbons (Fsp3) is 1.00. The molecule has 0 aliphatic rings. The first-order valence-corrected chi connectivity index (χ1v) is 6.07. The Morgan fingerprint density at radius 2 is 1.27 bits per heavy atom. The third-order valence-corrected chi connectivity index (χ3v) is 5.27. The topological polar surface area (TPSA) is 68.3 Å². The molecule has 10 heteroatoms. The summed E-state index contributed by atoms with van der Waals surface area (Å²) in [6, 6.07) is 0. The van der Waals surface area contributed by atoms with Gasteiger partial charge in [-0.3, -0.25) is 0 Å². The molecule has 0 rings (SSSR count). The summed E-state index contributed by atoms with van der Waals surface area (Å²) in [6.45, 7) is 0. The molecule has 11 heavy (non-hydrogen) atoms. The Balaban J connectivity index is 5.49. The van der Waals surface area contributed by atoms with Crippen LogP contribution >= 0.6 is 10.7 Å². The highest BCUT2D eigenvalue weighted by atomic mass is 35.8. The molecule has 68 valence electrons. The van der Waals surface area contributed by atoms with Gasteiger partial charge in [0.2, 0.25) is 0 Å². The van der Waals surface area contributed by atoms with Crippen molar-refractivity contribution in [3.63, 3.8) is 0 Å². The molecule has 0 atom stereocenters. The van der Waals surface area contributed by atoms with Crippen molar-refractivity contribution in [2.75, 3.05) is 0 Å². The van der Waals surface area contributed by atoms with Crippen LogP contribution < -0.4 is 0 Å². The van der Waals surface area contributed by atoms with Crippen molar-refractivity contribution in [1.29, 1.82) is 0 Å². The lowest BCUT2D eigenvalue weighted by molar-refractivity contribution is -0.0412. The lowest BCUT2D eigenvalue weighted by atomic mass is 11.6. The normalized spacial score (nSPS) is 14.9. The maximum absolute atomic E-state index is 11.3. The van der Waals surface area contributed by atoms with Crippen molar-refractivity contribution < 1.29 is 30.0 Å². The number of halogens is 4. The van der Waals surface area contributed by atoms with E-state index < -0.39 is 22.5 Å². The third-order valence-electron chi connectivity index (χ3n) is 0.546. The highest BCUT2D eigenvalue weighted by Gasteiger charge is 2.54. The van der Waals surface area contributed by atoms with Gasteiger partial charge in [0.15, 0.2) is 0 Å². The van der Waals surface area contributed by atoms with Crippen molar-refractivity contribution in [1.82, 2.24) is 0 Å². The van der Waals surface area contributed by atoms with Crippen LogP contribution in [0.15, 0.2) is 0 Å². The van der Waals surface area contributed by atoms with E-state index in [1.54, 1.807) is 0 Å². The molecule has 0 fully saturated rings. The van der Waals surface area contributed by atoms with Gasteiger partial charge in [0.05, 0.1) is 0 Å². The number of hydrogen-bond acceptors (Lipinski definition) is 4. The zero-order valence-electron chi connectivity index (χ0n) is 4.46. The minimum atomic E-state index is -6.28. The first-order valence-electron chi connectivity index (χ1n) is 1.76. The Kier molecular flexibility index (Phi) is 2.48. The van der Waals surface area contributed by atoms with Crippen LogP contribution in [0.5, 0.6) is 0 Å². The van der Waals surface area contributed by atoms with Crippen LogP contribution in [-0.2, 0) is 17.0 Å². The highest BCUT2D eigenvalue weighted by molar-refractivity contribution is 8.76. The van der Waals surface area contributed by atoms with E-state index in [0.29, 0.717) is 0 Å². The largest absolute Gasteiger partial charge is 0.513 e. The maximum Gasteiger partial charge on any atom is 0.513 e. The van der Waals surface area contributed by atoms with Crippen molar-refractivity contribution in [3.8, 4) is 0 Å². The molecule has 0 aliphatic carbocycles. The van der Waals surface area contributed by atoms with Crippen LogP contribution in [0.2, 0.25) is 0 Å². The Morgan fingerprint density at radius 1 is 1.00 bits per heavy atom. The molecule has 0 saturated heterocycles. The van der Waals surface area contributed by atoms with E-state index in [1.807, 2.05) is 0 Å². The van der Waals surface area contributed by atoms with Gasteiger partial charge in [0.25, 0.3) is 0 Å². The quantitative estimate of drug-likeness (QED) is 0.485. The van der Waals surface area contributed by atoms with Crippen LogP contribution in [0, 0.1) is 0 Å². The molecule has 0 bridgehead atoms. The summed E-state index contributed by atoms with van der Waals surface area (Å²) in [6.07, 6.45) is 0. The minimum absolute atomic E-state index is 3.97. The lowest BCUT2D eigenvalue weighted by Crippen LogP contribution is -2.27. The molecule has 0 heterocycles.